The average Bonchev–Trinajstić information content (AvgIpc) is 3.30. The first kappa shape index (κ1) is 26.0. The van der Waals surface area contributed by atoms with Crippen molar-refractivity contribution in [3.05, 3.63) is 101 Å². The molecule has 39 heavy (non-hydrogen) atoms. The van der Waals surface area contributed by atoms with E-state index in [9.17, 15) is 0 Å². The molecular weight excluding hydrogens is 510 g/mol. The third-order valence-electron chi connectivity index (χ3n) is 7.69. The third-order valence-corrected chi connectivity index (χ3v) is 7.92. The van der Waals surface area contributed by atoms with E-state index in [0.29, 0.717) is 25.0 Å². The molecule has 0 spiro atoms. The predicted molar refractivity (Wildman–Crippen MR) is 152 cm³/mol. The number of fused-ring (bicyclic) bond motifs is 3. The van der Waals surface area contributed by atoms with Crippen LogP contribution in [0.5, 0.6) is 5.88 Å². The maximum atomic E-state index is 6.45. The summed E-state index contributed by atoms with van der Waals surface area (Å²) >= 11 is 6.45. The van der Waals surface area contributed by atoms with Crippen molar-refractivity contribution < 1.29 is 9.47 Å². The highest BCUT2D eigenvalue weighted by atomic mass is 35.5. The summed E-state index contributed by atoms with van der Waals surface area (Å²) in [4.78, 5) is 4.32. The molecule has 4 aromatic rings. The van der Waals surface area contributed by atoms with Crippen LogP contribution >= 0.6 is 11.6 Å². The lowest BCUT2D eigenvalue weighted by molar-refractivity contribution is 0.120. The van der Waals surface area contributed by atoms with E-state index in [1.165, 1.54) is 11.1 Å². The Labute approximate surface area is 234 Å². The second-order valence-electron chi connectivity index (χ2n) is 10.4. The van der Waals surface area contributed by atoms with E-state index in [-0.39, 0.29) is 12.1 Å². The lowest BCUT2D eigenvalue weighted by atomic mass is 9.86. The Kier molecular flexibility index (Phi) is 8.19. The van der Waals surface area contributed by atoms with E-state index >= 15 is 0 Å². The topological polar surface area (TPSA) is 74.1 Å². The Bertz CT molecular complexity index is 1360. The molecule has 2 aromatic carbocycles. The predicted octanol–water partition coefficient (Wildman–Crippen LogP) is 5.69. The van der Waals surface area contributed by atoms with Crippen molar-refractivity contribution in [3.63, 3.8) is 0 Å². The van der Waals surface area contributed by atoms with Crippen molar-refractivity contribution in [2.45, 2.75) is 63.2 Å². The molecule has 1 unspecified atom stereocenters. The van der Waals surface area contributed by atoms with Crippen LogP contribution in [0.25, 0.3) is 5.69 Å². The first-order valence-electron chi connectivity index (χ1n) is 13.9. The summed E-state index contributed by atoms with van der Waals surface area (Å²) in [7, 11) is 0. The van der Waals surface area contributed by atoms with Crippen molar-refractivity contribution in [2.24, 2.45) is 0 Å². The first-order chi connectivity index (χ1) is 19.2. The smallest absolute Gasteiger partial charge is 0.213 e. The minimum absolute atomic E-state index is 0.187. The number of benzene rings is 2. The molecule has 0 radical (unpaired) electrons. The summed E-state index contributed by atoms with van der Waals surface area (Å²) < 4.78 is 14.3. The van der Waals surface area contributed by atoms with Crippen LogP contribution in [-0.2, 0) is 24.2 Å². The van der Waals surface area contributed by atoms with Crippen molar-refractivity contribution in [3.8, 4) is 11.6 Å². The highest BCUT2D eigenvalue weighted by molar-refractivity contribution is 6.30. The zero-order chi connectivity index (χ0) is 26.4. The summed E-state index contributed by atoms with van der Waals surface area (Å²) in [5.41, 5.74) is 3.55. The molecule has 0 saturated heterocycles. The summed E-state index contributed by atoms with van der Waals surface area (Å²) in [6.07, 6.45) is 7.62. The van der Waals surface area contributed by atoms with E-state index in [2.05, 4.69) is 39.1 Å². The molecule has 202 valence electrons. The highest BCUT2D eigenvalue weighted by Gasteiger charge is 2.31. The SMILES string of the molecule is Clc1ccc2c(c1)CC(NCCOCc1ccccc1)Cc1nnc(C3CCC(Oc4ccccn4)CC3)n1-2. The largest absolute Gasteiger partial charge is 0.474 e. The van der Waals surface area contributed by atoms with E-state index in [1.54, 1.807) is 6.20 Å². The molecule has 1 aliphatic carbocycles. The standard InChI is InChI=1S/C31H34ClN5O2/c32-25-11-14-28-24(18-25)19-26(33-16-17-38-21-22-6-2-1-3-7-22)20-29-35-36-31(37(28)29)23-9-12-27(13-10-23)39-30-8-4-5-15-34-30/h1-8,11,14-15,18,23,26-27,33H,9-10,12-13,16-17,19-21H2. The van der Waals surface area contributed by atoms with Gasteiger partial charge in [-0.05, 0) is 67.5 Å². The van der Waals surface area contributed by atoms with E-state index in [1.807, 2.05) is 42.5 Å². The first-order valence-corrected chi connectivity index (χ1v) is 14.3. The molecule has 6 rings (SSSR count). The molecule has 1 fully saturated rings. The van der Waals surface area contributed by atoms with Gasteiger partial charge in [-0.2, -0.15) is 0 Å². The number of rotatable bonds is 9. The summed E-state index contributed by atoms with van der Waals surface area (Å²) in [5, 5.41) is 13.9. The second kappa shape index (κ2) is 12.3. The molecule has 2 aromatic heterocycles. The van der Waals surface area contributed by atoms with Crippen LogP contribution in [0.2, 0.25) is 5.02 Å². The van der Waals surface area contributed by atoms with Gasteiger partial charge in [0.15, 0.2) is 0 Å². The quantitative estimate of drug-likeness (QED) is 0.273. The minimum Gasteiger partial charge on any atom is -0.474 e. The lowest BCUT2D eigenvalue weighted by Gasteiger charge is -2.28. The molecule has 1 atom stereocenters. The van der Waals surface area contributed by atoms with Crippen molar-refractivity contribution >= 4 is 11.6 Å². The molecule has 0 amide bonds. The summed E-state index contributed by atoms with van der Waals surface area (Å²) in [6, 6.07) is 22.5. The van der Waals surface area contributed by atoms with Gasteiger partial charge in [0.05, 0.1) is 18.9 Å². The number of ether oxygens (including phenoxy) is 2. The normalized spacial score (nSPS) is 20.6. The average molecular weight is 544 g/mol. The van der Waals surface area contributed by atoms with Crippen LogP contribution in [0.1, 0.15) is 54.4 Å². The van der Waals surface area contributed by atoms with Crippen molar-refractivity contribution in [2.75, 3.05) is 13.2 Å². The van der Waals surface area contributed by atoms with Gasteiger partial charge >= 0.3 is 0 Å². The Morgan fingerprint density at radius 2 is 1.77 bits per heavy atom. The van der Waals surface area contributed by atoms with E-state index < -0.39 is 0 Å². The van der Waals surface area contributed by atoms with Crippen LogP contribution in [-0.4, -0.2) is 45.0 Å². The van der Waals surface area contributed by atoms with Crippen molar-refractivity contribution in [1.29, 1.82) is 0 Å². The number of aromatic nitrogens is 4. The van der Waals surface area contributed by atoms with Crippen LogP contribution in [0.3, 0.4) is 0 Å². The van der Waals surface area contributed by atoms with Crippen LogP contribution < -0.4 is 10.1 Å². The van der Waals surface area contributed by atoms with Gasteiger partial charge < -0.3 is 14.8 Å². The van der Waals surface area contributed by atoms with E-state index in [4.69, 9.17) is 31.3 Å². The lowest BCUT2D eigenvalue weighted by Crippen LogP contribution is -2.35. The molecule has 1 N–H and O–H groups in total. The second-order valence-corrected chi connectivity index (χ2v) is 10.9. The Morgan fingerprint density at radius 3 is 2.59 bits per heavy atom. The van der Waals surface area contributed by atoms with Gasteiger partial charge in [0.1, 0.15) is 17.8 Å². The number of halogens is 1. The highest BCUT2D eigenvalue weighted by Crippen LogP contribution is 2.37. The van der Waals surface area contributed by atoms with Gasteiger partial charge in [-0.25, -0.2) is 4.98 Å². The van der Waals surface area contributed by atoms with Gasteiger partial charge in [0.2, 0.25) is 5.88 Å². The summed E-state index contributed by atoms with van der Waals surface area (Å²) in [5.74, 6) is 3.10. The zero-order valence-corrected chi connectivity index (χ0v) is 22.8. The van der Waals surface area contributed by atoms with Gasteiger partial charge in [0, 0.05) is 42.2 Å². The van der Waals surface area contributed by atoms with Crippen LogP contribution in [0.15, 0.2) is 72.9 Å². The minimum atomic E-state index is 0.187. The Morgan fingerprint density at radius 1 is 0.923 bits per heavy atom. The third kappa shape index (κ3) is 6.32. The molecule has 1 aliphatic heterocycles. The number of nitrogens with one attached hydrogen (secondary N) is 1. The molecular formula is C31H34ClN5O2. The van der Waals surface area contributed by atoms with Gasteiger partial charge in [-0.1, -0.05) is 48.0 Å². The number of nitrogens with zero attached hydrogens (tertiary/aromatic N) is 4. The molecule has 0 bridgehead atoms. The fraction of sp³-hybridized carbons (Fsp3) is 0.387. The Balaban J connectivity index is 1.12. The number of hydrogen-bond donors (Lipinski definition) is 1. The number of hydrogen-bond acceptors (Lipinski definition) is 6. The van der Waals surface area contributed by atoms with Crippen LogP contribution in [0, 0.1) is 0 Å². The van der Waals surface area contributed by atoms with Gasteiger partial charge in [-0.3, -0.25) is 4.57 Å². The maximum absolute atomic E-state index is 6.45. The monoisotopic (exact) mass is 543 g/mol. The molecule has 3 heterocycles. The Hall–Kier alpha value is -3.26. The maximum Gasteiger partial charge on any atom is 0.213 e. The fourth-order valence-corrected chi connectivity index (χ4v) is 5.95. The number of pyridine rings is 1. The molecule has 8 heteroatoms. The zero-order valence-electron chi connectivity index (χ0n) is 22.0. The van der Waals surface area contributed by atoms with Crippen molar-refractivity contribution in [1.82, 2.24) is 25.1 Å². The fourth-order valence-electron chi connectivity index (χ4n) is 5.75. The summed E-state index contributed by atoms with van der Waals surface area (Å²) in [6.45, 7) is 2.04. The van der Waals surface area contributed by atoms with E-state index in [0.717, 1.165) is 67.4 Å². The molecule has 1 saturated carbocycles. The molecule has 7 nitrogen and oxygen atoms in total. The van der Waals surface area contributed by atoms with Crippen LogP contribution in [0.4, 0.5) is 0 Å². The van der Waals surface area contributed by atoms with Gasteiger partial charge in [-0.15, -0.1) is 10.2 Å². The molecule has 2 aliphatic rings. The van der Waals surface area contributed by atoms with Gasteiger partial charge in [0.25, 0.3) is 0 Å².